The van der Waals surface area contributed by atoms with Gasteiger partial charge < -0.3 is 5.73 Å². The number of benzene rings is 1. The fourth-order valence-corrected chi connectivity index (χ4v) is 1.49. The smallest absolute Gasteiger partial charge is 0.399 e. The van der Waals surface area contributed by atoms with Crippen LogP contribution >= 0.6 is 0 Å². The molecule has 2 N–H and O–H groups in total. The van der Waals surface area contributed by atoms with Crippen molar-refractivity contribution in [2.24, 2.45) is 0 Å². The highest BCUT2D eigenvalue weighted by atomic mass is 19.4. The number of nitrogens with two attached hydrogens (primary N) is 1. The van der Waals surface area contributed by atoms with E-state index in [0.29, 0.717) is 6.07 Å². The molecule has 0 amide bonds. The zero-order chi connectivity index (χ0) is 13.4. The molecule has 1 atom stereocenters. The van der Waals surface area contributed by atoms with Gasteiger partial charge in [0.05, 0.1) is 0 Å². The zero-order valence-electron chi connectivity index (χ0n) is 8.65. The summed E-state index contributed by atoms with van der Waals surface area (Å²) in [5.41, 5.74) is -0.726. The summed E-state index contributed by atoms with van der Waals surface area (Å²) in [6.45, 7) is 1.09. The lowest BCUT2D eigenvalue weighted by atomic mass is 9.91. The summed E-state index contributed by atoms with van der Waals surface area (Å²) in [5.74, 6) is 0. The van der Waals surface area contributed by atoms with E-state index in [4.69, 9.17) is 5.73 Å². The van der Waals surface area contributed by atoms with E-state index in [-0.39, 0.29) is 11.3 Å². The molecule has 0 saturated heterocycles. The van der Waals surface area contributed by atoms with Crippen molar-refractivity contribution in [2.45, 2.75) is 25.2 Å². The van der Waals surface area contributed by atoms with Gasteiger partial charge in [-0.3, -0.25) is 0 Å². The van der Waals surface area contributed by atoms with Crippen LogP contribution in [0.15, 0.2) is 18.2 Å². The van der Waals surface area contributed by atoms with Crippen molar-refractivity contribution < 1.29 is 26.3 Å². The maximum atomic E-state index is 13.6. The summed E-state index contributed by atoms with van der Waals surface area (Å²) in [4.78, 5) is 0. The lowest BCUT2D eigenvalue weighted by Crippen LogP contribution is -2.45. The van der Waals surface area contributed by atoms with E-state index in [1.807, 2.05) is 0 Å². The molecule has 0 fully saturated rings. The highest BCUT2D eigenvalue weighted by Gasteiger charge is 2.64. The van der Waals surface area contributed by atoms with Gasteiger partial charge in [0, 0.05) is 11.3 Å². The van der Waals surface area contributed by atoms with Crippen molar-refractivity contribution in [2.75, 3.05) is 5.73 Å². The van der Waals surface area contributed by atoms with Crippen molar-refractivity contribution >= 4 is 5.69 Å². The van der Waals surface area contributed by atoms with Crippen LogP contribution in [0.2, 0.25) is 0 Å². The number of halogens is 6. The molecule has 0 spiro atoms. The Kier molecular flexibility index (Phi) is 3.31. The summed E-state index contributed by atoms with van der Waals surface area (Å²) in [6.07, 6.45) is -9.90. The van der Waals surface area contributed by atoms with Crippen LogP contribution in [0.3, 0.4) is 0 Å². The first-order valence-corrected chi connectivity index (χ1v) is 4.51. The van der Waals surface area contributed by atoms with Crippen molar-refractivity contribution in [3.05, 3.63) is 29.3 Å². The number of rotatable bonds is 2. The lowest BCUT2D eigenvalue weighted by Gasteiger charge is -2.28. The molecule has 0 heterocycles. The summed E-state index contributed by atoms with van der Waals surface area (Å²) < 4.78 is 75.8. The minimum atomic E-state index is -5.69. The van der Waals surface area contributed by atoms with Gasteiger partial charge in [-0.05, 0) is 24.6 Å². The van der Waals surface area contributed by atoms with Crippen LogP contribution in [0.4, 0.5) is 32.0 Å². The van der Waals surface area contributed by atoms with Crippen molar-refractivity contribution in [3.8, 4) is 0 Å². The molecule has 0 saturated carbocycles. The van der Waals surface area contributed by atoms with Gasteiger partial charge in [0.25, 0.3) is 12.1 Å². The first kappa shape index (κ1) is 13.7. The van der Waals surface area contributed by atoms with E-state index < -0.39 is 23.8 Å². The van der Waals surface area contributed by atoms with Gasteiger partial charge >= 0.3 is 6.18 Å². The van der Waals surface area contributed by atoms with Crippen LogP contribution < -0.4 is 5.73 Å². The Hall–Kier alpha value is -1.40. The molecule has 7 heteroatoms. The van der Waals surface area contributed by atoms with Gasteiger partial charge in [0.15, 0.2) is 0 Å². The molecule has 0 aliphatic rings. The van der Waals surface area contributed by atoms with Crippen LogP contribution in [0, 0.1) is 6.92 Å². The van der Waals surface area contributed by atoms with E-state index in [1.54, 1.807) is 0 Å². The number of hydrogen-bond donors (Lipinski definition) is 1. The van der Waals surface area contributed by atoms with Crippen LogP contribution in [0.5, 0.6) is 0 Å². The van der Waals surface area contributed by atoms with Crippen molar-refractivity contribution in [1.82, 2.24) is 0 Å². The average Bonchev–Trinajstić information content (AvgIpc) is 2.14. The quantitative estimate of drug-likeness (QED) is 0.636. The van der Waals surface area contributed by atoms with E-state index in [9.17, 15) is 26.3 Å². The minimum Gasteiger partial charge on any atom is -0.399 e. The molecule has 0 bridgehead atoms. The van der Waals surface area contributed by atoms with Gasteiger partial charge in [-0.15, -0.1) is 0 Å². The predicted octanol–water partition coefficient (Wildman–Crippen LogP) is 3.57. The summed E-state index contributed by atoms with van der Waals surface area (Å²) >= 11 is 0. The molecule has 0 aromatic heterocycles. The third-order valence-electron chi connectivity index (χ3n) is 2.36. The second kappa shape index (κ2) is 4.12. The highest BCUT2D eigenvalue weighted by Crippen LogP contribution is 2.48. The fourth-order valence-electron chi connectivity index (χ4n) is 1.49. The third kappa shape index (κ3) is 2.18. The van der Waals surface area contributed by atoms with Gasteiger partial charge in [-0.2, -0.15) is 13.2 Å². The summed E-state index contributed by atoms with van der Waals surface area (Å²) in [5, 5.41) is 0. The lowest BCUT2D eigenvalue weighted by molar-refractivity contribution is -0.274. The molecule has 17 heavy (non-hydrogen) atoms. The van der Waals surface area contributed by atoms with E-state index >= 15 is 0 Å². The topological polar surface area (TPSA) is 26.0 Å². The van der Waals surface area contributed by atoms with Crippen molar-refractivity contribution in [1.29, 1.82) is 0 Å². The highest BCUT2D eigenvalue weighted by molar-refractivity contribution is 5.46. The van der Waals surface area contributed by atoms with E-state index in [2.05, 4.69) is 0 Å². The zero-order valence-corrected chi connectivity index (χ0v) is 8.65. The van der Waals surface area contributed by atoms with E-state index in [1.165, 1.54) is 0 Å². The van der Waals surface area contributed by atoms with Crippen LogP contribution in [0.25, 0.3) is 0 Å². The van der Waals surface area contributed by atoms with Crippen LogP contribution in [-0.4, -0.2) is 12.6 Å². The first-order valence-electron chi connectivity index (χ1n) is 4.51. The molecule has 0 radical (unpaired) electrons. The maximum absolute atomic E-state index is 13.6. The van der Waals surface area contributed by atoms with Gasteiger partial charge in [0.2, 0.25) is 0 Å². The fraction of sp³-hybridized carbons (Fsp3) is 0.400. The Morgan fingerprint density at radius 3 is 2.00 bits per heavy atom. The summed E-state index contributed by atoms with van der Waals surface area (Å²) in [6, 6.07) is 2.59. The Balaban J connectivity index is 3.44. The van der Waals surface area contributed by atoms with Crippen LogP contribution in [-0.2, 0) is 5.67 Å². The Labute approximate surface area is 93.2 Å². The largest absolute Gasteiger partial charge is 0.432 e. The second-order valence-corrected chi connectivity index (χ2v) is 3.58. The van der Waals surface area contributed by atoms with Crippen molar-refractivity contribution in [3.63, 3.8) is 0 Å². The number of anilines is 1. The Bertz CT molecular complexity index is 414. The summed E-state index contributed by atoms with van der Waals surface area (Å²) in [7, 11) is 0. The van der Waals surface area contributed by atoms with Gasteiger partial charge in [-0.1, -0.05) is 6.07 Å². The molecule has 0 aliphatic carbocycles. The second-order valence-electron chi connectivity index (χ2n) is 3.58. The molecule has 96 valence electrons. The number of aryl methyl sites for hydroxylation is 1. The predicted molar refractivity (Wildman–Crippen MR) is 50.4 cm³/mol. The first-order chi connectivity index (χ1) is 7.60. The molecule has 1 aromatic rings. The molecule has 1 aromatic carbocycles. The Morgan fingerprint density at radius 2 is 1.65 bits per heavy atom. The molecule has 1 nitrogen and oxygen atoms in total. The Morgan fingerprint density at radius 1 is 1.12 bits per heavy atom. The monoisotopic (exact) mass is 257 g/mol. The minimum absolute atomic E-state index is 0.0741. The standard InChI is InChI=1S/C10H9F6N/c1-5-4-6(17)2-3-7(5)9(13,8(11)12)10(14,15)16/h2-4,8H,17H2,1H3. The third-order valence-corrected chi connectivity index (χ3v) is 2.36. The van der Waals surface area contributed by atoms with E-state index in [0.717, 1.165) is 19.1 Å². The van der Waals surface area contributed by atoms with Gasteiger partial charge in [-0.25, -0.2) is 13.2 Å². The molecule has 1 unspecified atom stereocenters. The number of alkyl halides is 6. The molecule has 0 aliphatic heterocycles. The molecular weight excluding hydrogens is 248 g/mol. The van der Waals surface area contributed by atoms with Gasteiger partial charge in [0.1, 0.15) is 0 Å². The molecular formula is C10H9F6N. The number of hydrogen-bond acceptors (Lipinski definition) is 1. The average molecular weight is 257 g/mol. The SMILES string of the molecule is Cc1cc(N)ccc1C(F)(C(F)F)C(F)(F)F. The van der Waals surface area contributed by atoms with Crippen LogP contribution in [0.1, 0.15) is 11.1 Å². The normalized spacial score (nSPS) is 16.0. The number of nitrogen functional groups attached to an aromatic ring is 1. The molecule has 1 rings (SSSR count). The maximum Gasteiger partial charge on any atom is 0.432 e.